The number of carbonyl (C=O) groups is 2. The second kappa shape index (κ2) is 8.09. The minimum atomic E-state index is -1.89. The number of aromatic nitrogens is 1. The number of aliphatic hydroxyl groups is 4. The molecule has 1 aromatic rings. The molecule has 4 N–H and O–H groups in total. The van der Waals surface area contributed by atoms with Crippen LogP contribution in [0.3, 0.4) is 0 Å². The van der Waals surface area contributed by atoms with E-state index in [0.29, 0.717) is 0 Å². The van der Waals surface area contributed by atoms with Gasteiger partial charge >= 0.3 is 41.5 Å². The first kappa shape index (κ1) is 19.1. The Balaban J connectivity index is 0.00000242. The fourth-order valence-corrected chi connectivity index (χ4v) is 1.75. The van der Waals surface area contributed by atoms with Crippen molar-refractivity contribution in [2.75, 3.05) is 0 Å². The van der Waals surface area contributed by atoms with Gasteiger partial charge in [0.25, 0.3) is 0 Å². The molecule has 9 nitrogen and oxygen atoms in total. The topological polar surface area (TPSA) is 146 Å². The molecule has 0 unspecified atom stereocenters. The van der Waals surface area contributed by atoms with Gasteiger partial charge < -0.3 is 29.9 Å². The molecule has 2 heterocycles. The van der Waals surface area contributed by atoms with Gasteiger partial charge in [-0.2, -0.15) is 0 Å². The third kappa shape index (κ3) is 4.09. The Kier molecular flexibility index (Phi) is 7.03. The van der Waals surface area contributed by atoms with Crippen LogP contribution in [0, 0.1) is 0 Å². The van der Waals surface area contributed by atoms with Gasteiger partial charge in [-0.1, -0.05) is 0 Å². The van der Waals surface area contributed by atoms with Crippen LogP contribution in [0.25, 0.3) is 0 Å². The van der Waals surface area contributed by atoms with Crippen molar-refractivity contribution in [3.8, 4) is 0 Å². The Morgan fingerprint density at radius 2 is 1.64 bits per heavy atom. The molecule has 0 aromatic carbocycles. The summed E-state index contributed by atoms with van der Waals surface area (Å²) in [7, 11) is 0. The van der Waals surface area contributed by atoms with Crippen molar-refractivity contribution in [2.24, 2.45) is 0 Å². The molecule has 0 radical (unpaired) electrons. The van der Waals surface area contributed by atoms with Crippen molar-refractivity contribution in [2.45, 2.75) is 30.7 Å². The predicted octanol–water partition coefficient (Wildman–Crippen LogP) is -3.08. The zero-order valence-electron chi connectivity index (χ0n) is 10.6. The molecule has 0 saturated carbocycles. The van der Waals surface area contributed by atoms with Crippen LogP contribution in [0.15, 0.2) is 24.5 Å². The summed E-state index contributed by atoms with van der Waals surface area (Å²) in [6.07, 6.45) is -6.50. The summed E-state index contributed by atoms with van der Waals surface area (Å²) in [5.74, 6) is -2.30. The standard InChI is InChI=1S/C12H13NO8.Na.H/c14-6-7(15)9(20-11(18)8(6)16)12(19)21-10(17)5-1-3-13-4-2-5;;/h1-4,6-9,11,14-16,18H;;/t6-,7-,8+,9-,11+;;/m0../s1. The number of hydrogen-bond donors (Lipinski definition) is 4. The van der Waals surface area contributed by atoms with Crippen LogP contribution in [0.2, 0.25) is 0 Å². The zero-order valence-corrected chi connectivity index (χ0v) is 10.6. The van der Waals surface area contributed by atoms with Gasteiger partial charge in [0, 0.05) is 12.4 Å². The van der Waals surface area contributed by atoms with E-state index in [2.05, 4.69) is 14.5 Å². The number of rotatable bonds is 2. The quantitative estimate of drug-likeness (QED) is 0.253. The molecule has 1 aromatic heterocycles. The predicted molar refractivity (Wildman–Crippen MR) is 70.7 cm³/mol. The maximum absolute atomic E-state index is 11.7. The van der Waals surface area contributed by atoms with Gasteiger partial charge in [0.1, 0.15) is 18.3 Å². The van der Waals surface area contributed by atoms with Gasteiger partial charge in [-0.05, 0) is 12.1 Å². The molecular weight excluding hydrogens is 309 g/mol. The molecule has 0 aliphatic carbocycles. The first-order chi connectivity index (χ1) is 9.91. The van der Waals surface area contributed by atoms with Crippen LogP contribution in [-0.4, -0.2) is 97.6 Å². The van der Waals surface area contributed by atoms with Crippen molar-refractivity contribution >= 4 is 41.5 Å². The normalized spacial score (nSPS) is 31.0. The Labute approximate surface area is 146 Å². The molecule has 2 rings (SSSR count). The number of carbonyl (C=O) groups excluding carboxylic acids is 2. The summed E-state index contributed by atoms with van der Waals surface area (Å²) in [4.78, 5) is 27.1. The van der Waals surface area contributed by atoms with Crippen LogP contribution in [0.5, 0.6) is 0 Å². The number of hydrogen-bond acceptors (Lipinski definition) is 9. The van der Waals surface area contributed by atoms with Crippen molar-refractivity contribution in [1.82, 2.24) is 4.98 Å². The Bertz CT molecular complexity index is 527. The summed E-state index contributed by atoms with van der Waals surface area (Å²) in [5, 5.41) is 37.6. The van der Waals surface area contributed by atoms with E-state index >= 15 is 0 Å². The van der Waals surface area contributed by atoms with E-state index in [0.717, 1.165) is 0 Å². The fraction of sp³-hybridized carbons (Fsp3) is 0.417. The van der Waals surface area contributed by atoms with Crippen LogP contribution in [0.4, 0.5) is 0 Å². The Morgan fingerprint density at radius 3 is 2.23 bits per heavy atom. The van der Waals surface area contributed by atoms with Crippen LogP contribution < -0.4 is 0 Å². The van der Waals surface area contributed by atoms with Gasteiger partial charge in [-0.15, -0.1) is 0 Å². The second-order valence-electron chi connectivity index (χ2n) is 4.36. The second-order valence-corrected chi connectivity index (χ2v) is 4.36. The van der Waals surface area contributed by atoms with E-state index in [-0.39, 0.29) is 35.1 Å². The first-order valence-electron chi connectivity index (χ1n) is 5.95. The molecule has 0 bridgehead atoms. The van der Waals surface area contributed by atoms with E-state index in [1.807, 2.05) is 0 Å². The summed E-state index contributed by atoms with van der Waals surface area (Å²) in [5.41, 5.74) is 0.0461. The third-order valence-corrected chi connectivity index (χ3v) is 2.93. The molecule has 116 valence electrons. The molecule has 22 heavy (non-hydrogen) atoms. The third-order valence-electron chi connectivity index (χ3n) is 2.93. The van der Waals surface area contributed by atoms with E-state index in [4.69, 9.17) is 0 Å². The van der Waals surface area contributed by atoms with Crippen LogP contribution in [-0.2, 0) is 14.3 Å². The van der Waals surface area contributed by atoms with Gasteiger partial charge in [0.2, 0.25) is 0 Å². The number of pyridine rings is 1. The molecule has 5 atom stereocenters. The van der Waals surface area contributed by atoms with Gasteiger partial charge in [-0.25, -0.2) is 9.59 Å². The number of esters is 2. The summed E-state index contributed by atoms with van der Waals surface area (Å²) in [6, 6.07) is 2.61. The average molecular weight is 323 g/mol. The number of aliphatic hydroxyl groups excluding tert-OH is 4. The molecule has 1 aliphatic rings. The molecule has 1 fully saturated rings. The van der Waals surface area contributed by atoms with E-state index < -0.39 is 42.6 Å². The van der Waals surface area contributed by atoms with Crippen molar-refractivity contribution in [1.29, 1.82) is 0 Å². The van der Waals surface area contributed by atoms with Gasteiger partial charge in [0.05, 0.1) is 5.56 Å². The Morgan fingerprint density at radius 1 is 1.05 bits per heavy atom. The molecule has 0 amide bonds. The molecular formula is C12H14NNaO8. The molecule has 1 saturated heterocycles. The van der Waals surface area contributed by atoms with Crippen LogP contribution >= 0.6 is 0 Å². The van der Waals surface area contributed by atoms with E-state index in [1.165, 1.54) is 24.5 Å². The van der Waals surface area contributed by atoms with Gasteiger partial charge in [-0.3, -0.25) is 4.98 Å². The minimum absolute atomic E-state index is 0. The van der Waals surface area contributed by atoms with Gasteiger partial charge in [0.15, 0.2) is 12.4 Å². The average Bonchev–Trinajstić information content (AvgIpc) is 2.49. The van der Waals surface area contributed by atoms with Crippen molar-refractivity contribution in [3.63, 3.8) is 0 Å². The summed E-state index contributed by atoms with van der Waals surface area (Å²) < 4.78 is 9.12. The molecule has 1 aliphatic heterocycles. The van der Waals surface area contributed by atoms with Crippen LogP contribution in [0.1, 0.15) is 10.4 Å². The van der Waals surface area contributed by atoms with Crippen molar-refractivity contribution in [3.05, 3.63) is 30.1 Å². The summed E-state index contributed by atoms with van der Waals surface area (Å²) >= 11 is 0. The monoisotopic (exact) mass is 323 g/mol. The fourth-order valence-electron chi connectivity index (χ4n) is 1.75. The van der Waals surface area contributed by atoms with E-state index in [9.17, 15) is 30.0 Å². The molecule has 10 heteroatoms. The van der Waals surface area contributed by atoms with E-state index in [1.54, 1.807) is 0 Å². The number of nitrogens with zero attached hydrogens (tertiary/aromatic N) is 1. The maximum atomic E-state index is 11.7. The Hall–Kier alpha value is -0.910. The van der Waals surface area contributed by atoms with Crippen molar-refractivity contribution < 1.29 is 39.5 Å². The summed E-state index contributed by atoms with van der Waals surface area (Å²) in [6.45, 7) is 0. The SMILES string of the molecule is O=C(OC(=O)[C@H]1O[C@@H](O)[C@H](O)[C@@H](O)[C@@H]1O)c1ccncc1.[NaH]. The number of ether oxygens (including phenoxy) is 2. The zero-order chi connectivity index (χ0) is 15.6. The molecule has 0 spiro atoms. The first-order valence-corrected chi connectivity index (χ1v) is 5.95.